The second-order valence-corrected chi connectivity index (χ2v) is 6.00. The molecule has 158 valence electrons. The number of carbonyl (C=O) groups excluding carboxylic acids is 1. The van der Waals surface area contributed by atoms with Crippen molar-refractivity contribution < 1.29 is 13.6 Å². The van der Waals surface area contributed by atoms with Crippen LogP contribution in [0.15, 0.2) is 66.0 Å². The number of hydrogen-bond acceptors (Lipinski definition) is 5. The molecule has 2 N–H and O–H groups in total. The maximum atomic E-state index is 13.5. The van der Waals surface area contributed by atoms with Gasteiger partial charge in [0.1, 0.15) is 6.29 Å². The number of anilines is 1. The lowest BCUT2D eigenvalue weighted by atomic mass is 10.2. The molecule has 0 bridgehead atoms. The molecule has 3 rings (SSSR count). The van der Waals surface area contributed by atoms with Gasteiger partial charge < -0.3 is 10.6 Å². The topological polar surface area (TPSA) is 71.8 Å². The summed E-state index contributed by atoms with van der Waals surface area (Å²) in [7, 11) is 1.66. The van der Waals surface area contributed by atoms with E-state index in [1.807, 2.05) is 44.2 Å². The maximum Gasteiger partial charge on any atom is 0.225 e. The number of nitrogens with zero attached hydrogens (tertiary/aromatic N) is 3. The third-order valence-corrected chi connectivity index (χ3v) is 3.96. The number of aldehydes is 1. The van der Waals surface area contributed by atoms with Gasteiger partial charge in [0, 0.05) is 24.0 Å². The van der Waals surface area contributed by atoms with E-state index in [9.17, 15) is 13.6 Å². The minimum Gasteiger partial charge on any atom is -0.380 e. The molecular weight excluding hydrogens is 388 g/mol. The summed E-state index contributed by atoms with van der Waals surface area (Å²) in [6.07, 6.45) is 12.8. The predicted molar refractivity (Wildman–Crippen MR) is 114 cm³/mol. The van der Waals surface area contributed by atoms with E-state index in [0.717, 1.165) is 24.3 Å². The highest BCUT2D eigenvalue weighted by Gasteiger charge is 2.13. The van der Waals surface area contributed by atoms with Crippen molar-refractivity contribution in [3.8, 4) is 11.4 Å². The Morgan fingerprint density at radius 2 is 2.03 bits per heavy atom. The van der Waals surface area contributed by atoms with Crippen molar-refractivity contribution >= 4 is 12.2 Å². The lowest BCUT2D eigenvalue weighted by Gasteiger charge is -2.12. The van der Waals surface area contributed by atoms with Gasteiger partial charge in [0.15, 0.2) is 17.5 Å². The summed E-state index contributed by atoms with van der Waals surface area (Å²) in [4.78, 5) is 15.3. The summed E-state index contributed by atoms with van der Waals surface area (Å²) in [6, 6.07) is 3.47. The van der Waals surface area contributed by atoms with Crippen LogP contribution in [0.1, 0.15) is 20.3 Å². The molecule has 8 heteroatoms. The zero-order valence-electron chi connectivity index (χ0n) is 17.2. The van der Waals surface area contributed by atoms with Crippen molar-refractivity contribution in [2.45, 2.75) is 20.3 Å². The molecule has 1 heterocycles. The molecule has 1 aromatic heterocycles. The molecule has 1 aliphatic carbocycles. The number of rotatable bonds is 7. The molecular formula is C22H25F2N5O. The monoisotopic (exact) mass is 413 g/mol. The minimum atomic E-state index is -0.968. The molecule has 1 aliphatic rings. The highest BCUT2D eigenvalue weighted by atomic mass is 19.2. The number of aromatic nitrogens is 3. The van der Waals surface area contributed by atoms with E-state index >= 15 is 0 Å². The van der Waals surface area contributed by atoms with E-state index in [1.165, 1.54) is 16.8 Å². The molecule has 30 heavy (non-hydrogen) atoms. The van der Waals surface area contributed by atoms with E-state index in [-0.39, 0.29) is 5.82 Å². The second kappa shape index (κ2) is 11.5. The number of hydrogen-bond donors (Lipinski definition) is 2. The Labute approximate surface area is 174 Å². The standard InChI is InChI=1S/C20H19F2N5O.C2H6/c1-27-20(25-19(26-27)14-8-9-17(21)18(22)12-14)24-16(10-11-28)13-23-15-6-4-2-3-5-7-15;1-2/h2-4,6-12,23H,5,13H2,1H3,(H,24,25,26);1-2H3/b16-10-;. The molecule has 1 aromatic carbocycles. The van der Waals surface area contributed by atoms with Crippen molar-refractivity contribution in [3.05, 3.63) is 77.7 Å². The van der Waals surface area contributed by atoms with E-state index in [1.54, 1.807) is 7.05 Å². The molecule has 0 saturated carbocycles. The van der Waals surface area contributed by atoms with Crippen molar-refractivity contribution in [1.29, 1.82) is 0 Å². The van der Waals surface area contributed by atoms with Gasteiger partial charge in [0.05, 0.1) is 6.54 Å². The molecule has 0 amide bonds. The van der Waals surface area contributed by atoms with Gasteiger partial charge in [0.2, 0.25) is 5.95 Å². The van der Waals surface area contributed by atoms with Gasteiger partial charge in [-0.2, -0.15) is 4.98 Å². The van der Waals surface area contributed by atoms with Gasteiger partial charge in [-0.3, -0.25) is 4.79 Å². The van der Waals surface area contributed by atoms with Crippen LogP contribution in [0, 0.1) is 11.6 Å². The van der Waals surface area contributed by atoms with Gasteiger partial charge in [-0.25, -0.2) is 13.5 Å². The lowest BCUT2D eigenvalue weighted by Crippen LogP contribution is -2.20. The highest BCUT2D eigenvalue weighted by Crippen LogP contribution is 2.20. The molecule has 0 saturated heterocycles. The number of carbonyl (C=O) groups is 1. The van der Waals surface area contributed by atoms with Crippen LogP contribution in [0.5, 0.6) is 0 Å². The summed E-state index contributed by atoms with van der Waals surface area (Å²) >= 11 is 0. The molecule has 0 unspecified atom stereocenters. The summed E-state index contributed by atoms with van der Waals surface area (Å²) < 4.78 is 28.1. The molecule has 6 nitrogen and oxygen atoms in total. The third-order valence-electron chi connectivity index (χ3n) is 3.96. The largest absolute Gasteiger partial charge is 0.380 e. The van der Waals surface area contributed by atoms with E-state index < -0.39 is 11.6 Å². The Hall–Kier alpha value is -3.55. The van der Waals surface area contributed by atoms with Crippen LogP contribution >= 0.6 is 0 Å². The van der Waals surface area contributed by atoms with Gasteiger partial charge in [-0.15, -0.1) is 5.10 Å². The fourth-order valence-electron chi connectivity index (χ4n) is 2.53. The minimum absolute atomic E-state index is 0.239. The first kappa shape index (κ1) is 22.7. The quantitative estimate of drug-likeness (QED) is 0.524. The maximum absolute atomic E-state index is 13.5. The van der Waals surface area contributed by atoms with Gasteiger partial charge >= 0.3 is 0 Å². The van der Waals surface area contributed by atoms with Crippen LogP contribution < -0.4 is 10.6 Å². The molecule has 2 aromatic rings. The lowest BCUT2D eigenvalue weighted by molar-refractivity contribution is -0.104. The van der Waals surface area contributed by atoms with E-state index in [2.05, 4.69) is 20.7 Å². The van der Waals surface area contributed by atoms with Crippen LogP contribution in [0.25, 0.3) is 11.4 Å². The smallest absolute Gasteiger partial charge is 0.225 e. The molecule has 0 fully saturated rings. The van der Waals surface area contributed by atoms with Crippen molar-refractivity contribution in [2.24, 2.45) is 7.05 Å². The Morgan fingerprint density at radius 3 is 2.77 bits per heavy atom. The van der Waals surface area contributed by atoms with Crippen LogP contribution in [-0.2, 0) is 11.8 Å². The first-order chi connectivity index (χ1) is 14.6. The van der Waals surface area contributed by atoms with Crippen LogP contribution in [0.3, 0.4) is 0 Å². The average Bonchev–Trinajstić information content (AvgIpc) is 2.94. The van der Waals surface area contributed by atoms with Crippen molar-refractivity contribution in [1.82, 2.24) is 20.1 Å². The van der Waals surface area contributed by atoms with Crippen LogP contribution in [0.4, 0.5) is 14.7 Å². The molecule has 0 atom stereocenters. The van der Waals surface area contributed by atoms with E-state index in [0.29, 0.717) is 30.0 Å². The summed E-state index contributed by atoms with van der Waals surface area (Å²) in [5, 5.41) is 10.5. The Morgan fingerprint density at radius 1 is 1.23 bits per heavy atom. The van der Waals surface area contributed by atoms with Crippen LogP contribution in [0.2, 0.25) is 0 Å². The number of benzene rings is 1. The van der Waals surface area contributed by atoms with Crippen molar-refractivity contribution in [3.63, 3.8) is 0 Å². The predicted octanol–water partition coefficient (Wildman–Crippen LogP) is 4.27. The Bertz CT molecular complexity index is 989. The molecule has 0 spiro atoms. The molecule has 0 radical (unpaired) electrons. The van der Waals surface area contributed by atoms with Gasteiger partial charge in [-0.1, -0.05) is 38.2 Å². The zero-order chi connectivity index (χ0) is 21.9. The zero-order valence-corrected chi connectivity index (χ0v) is 17.2. The summed E-state index contributed by atoms with van der Waals surface area (Å²) in [6.45, 7) is 4.36. The number of aryl methyl sites for hydroxylation is 1. The highest BCUT2D eigenvalue weighted by molar-refractivity contribution is 5.68. The number of halogens is 2. The van der Waals surface area contributed by atoms with E-state index in [4.69, 9.17) is 0 Å². The summed E-state index contributed by atoms with van der Waals surface area (Å²) in [5.41, 5.74) is 1.86. The van der Waals surface area contributed by atoms with Crippen molar-refractivity contribution in [2.75, 3.05) is 11.9 Å². The number of nitrogens with one attached hydrogen (secondary N) is 2. The Balaban J connectivity index is 0.00000155. The van der Waals surface area contributed by atoms with Crippen LogP contribution in [-0.4, -0.2) is 27.6 Å². The van der Waals surface area contributed by atoms with Gasteiger partial charge in [0.25, 0.3) is 0 Å². The fraction of sp³-hybridized carbons (Fsp3) is 0.227. The average molecular weight is 413 g/mol. The second-order valence-electron chi connectivity index (χ2n) is 6.00. The normalized spacial score (nSPS) is 13.1. The fourth-order valence-corrected chi connectivity index (χ4v) is 2.53. The number of allylic oxidation sites excluding steroid dienone is 6. The SMILES string of the molecule is CC.Cn1nc(-c2ccc(F)c(F)c2)nc1N/C(=C\C=O)CNC1=CCC=CC=C1. The summed E-state index contributed by atoms with van der Waals surface area (Å²) in [5.74, 6) is -1.30. The first-order valence-corrected chi connectivity index (χ1v) is 9.62. The third kappa shape index (κ3) is 6.23. The first-order valence-electron chi connectivity index (χ1n) is 9.62. The van der Waals surface area contributed by atoms with Gasteiger partial charge in [-0.05, 0) is 36.8 Å². The molecule has 0 aliphatic heterocycles. The Kier molecular flexibility index (Phi) is 8.68.